The van der Waals surface area contributed by atoms with Crippen LogP contribution >= 0.6 is 23.8 Å². The molecule has 0 radical (unpaired) electrons. The minimum atomic E-state index is 0.713. The quantitative estimate of drug-likeness (QED) is 0.577. The van der Waals surface area contributed by atoms with E-state index in [1.807, 2.05) is 49.4 Å². The van der Waals surface area contributed by atoms with Crippen molar-refractivity contribution in [2.45, 2.75) is 6.92 Å². The normalized spacial score (nSPS) is 14.0. The van der Waals surface area contributed by atoms with Crippen molar-refractivity contribution in [2.75, 3.05) is 36.4 Å². The number of hydrogen-bond acceptors (Lipinski definition) is 3. The molecule has 1 saturated heterocycles. The number of aryl methyl sites for hydroxylation is 1. The summed E-state index contributed by atoms with van der Waals surface area (Å²) < 4.78 is 0. The molecule has 3 aromatic rings. The number of rotatable bonds is 2. The summed E-state index contributed by atoms with van der Waals surface area (Å²) in [5.41, 5.74) is 3.84. The topological polar surface area (TPSA) is 42.3 Å². The van der Waals surface area contributed by atoms with Gasteiger partial charge in [0.15, 0.2) is 5.11 Å². The highest BCUT2D eigenvalue weighted by molar-refractivity contribution is 7.80. The maximum Gasteiger partial charge on any atom is 0.173 e. The highest BCUT2D eigenvalue weighted by atomic mass is 35.5. The highest BCUT2D eigenvalue weighted by Crippen LogP contribution is 2.30. The van der Waals surface area contributed by atoms with Crippen molar-refractivity contribution in [3.8, 4) is 6.07 Å². The van der Waals surface area contributed by atoms with E-state index >= 15 is 0 Å². The average molecular weight is 421 g/mol. The fraction of sp³-hybridized carbons (Fsp3) is 0.217. The Kier molecular flexibility index (Phi) is 5.57. The van der Waals surface area contributed by atoms with Crippen molar-refractivity contribution >= 4 is 51.1 Å². The molecule has 4 rings (SSSR count). The molecule has 146 valence electrons. The Labute approximate surface area is 181 Å². The van der Waals surface area contributed by atoms with Crippen LogP contribution in [0.5, 0.6) is 0 Å². The number of nitrogens with zero attached hydrogens (tertiary/aromatic N) is 3. The van der Waals surface area contributed by atoms with E-state index in [1.54, 1.807) is 0 Å². The number of halogens is 1. The van der Waals surface area contributed by atoms with E-state index < -0.39 is 0 Å². The lowest BCUT2D eigenvalue weighted by molar-refractivity contribution is 0.391. The van der Waals surface area contributed by atoms with Crippen molar-refractivity contribution in [1.29, 1.82) is 5.26 Å². The zero-order valence-electron chi connectivity index (χ0n) is 16.2. The minimum Gasteiger partial charge on any atom is -0.367 e. The summed E-state index contributed by atoms with van der Waals surface area (Å²) in [5.74, 6) is 0. The maximum atomic E-state index is 9.39. The molecule has 3 aromatic carbocycles. The Hall–Kier alpha value is -2.81. The monoisotopic (exact) mass is 420 g/mol. The lowest BCUT2D eigenvalue weighted by atomic mass is 10.0. The summed E-state index contributed by atoms with van der Waals surface area (Å²) in [6.07, 6.45) is 0. The molecule has 0 spiro atoms. The lowest BCUT2D eigenvalue weighted by Crippen LogP contribution is -2.50. The molecule has 1 fully saturated rings. The molecular formula is C23H21ClN4S. The largest absolute Gasteiger partial charge is 0.367 e. The lowest BCUT2D eigenvalue weighted by Gasteiger charge is -2.38. The molecule has 0 atom stereocenters. The van der Waals surface area contributed by atoms with Gasteiger partial charge < -0.3 is 15.1 Å². The van der Waals surface area contributed by atoms with E-state index in [0.29, 0.717) is 10.7 Å². The van der Waals surface area contributed by atoms with E-state index in [0.717, 1.165) is 53.2 Å². The van der Waals surface area contributed by atoms with Gasteiger partial charge in [0.1, 0.15) is 0 Å². The number of piperazine rings is 1. The van der Waals surface area contributed by atoms with E-state index in [9.17, 15) is 5.26 Å². The van der Waals surface area contributed by atoms with Gasteiger partial charge in [-0.25, -0.2) is 0 Å². The van der Waals surface area contributed by atoms with E-state index in [1.165, 1.54) is 5.69 Å². The first kappa shape index (κ1) is 19.5. The zero-order chi connectivity index (χ0) is 20.4. The highest BCUT2D eigenvalue weighted by Gasteiger charge is 2.21. The predicted molar refractivity (Wildman–Crippen MR) is 125 cm³/mol. The Bertz CT molecular complexity index is 1110. The third-order valence-corrected chi connectivity index (χ3v) is 6.12. The summed E-state index contributed by atoms with van der Waals surface area (Å²) in [6.45, 7) is 5.38. The number of thiocarbonyl (C=S) groups is 1. The van der Waals surface area contributed by atoms with Gasteiger partial charge in [0.05, 0.1) is 11.6 Å². The Morgan fingerprint density at radius 3 is 2.45 bits per heavy atom. The first-order chi connectivity index (χ1) is 14.1. The molecule has 0 amide bonds. The van der Waals surface area contributed by atoms with Crippen LogP contribution in [0.1, 0.15) is 11.1 Å². The molecule has 4 nitrogen and oxygen atoms in total. The van der Waals surface area contributed by atoms with Gasteiger partial charge in [-0.3, -0.25) is 0 Å². The van der Waals surface area contributed by atoms with Crippen LogP contribution < -0.4 is 10.2 Å². The van der Waals surface area contributed by atoms with E-state index in [4.69, 9.17) is 23.8 Å². The molecular weight excluding hydrogens is 400 g/mol. The third kappa shape index (κ3) is 4.00. The first-order valence-electron chi connectivity index (χ1n) is 9.55. The molecule has 29 heavy (non-hydrogen) atoms. The average Bonchev–Trinajstić information content (AvgIpc) is 2.75. The first-order valence-corrected chi connectivity index (χ1v) is 10.3. The molecule has 0 unspecified atom stereocenters. The van der Waals surface area contributed by atoms with Gasteiger partial charge in [0, 0.05) is 53.3 Å². The maximum absolute atomic E-state index is 9.39. The molecule has 1 aliphatic rings. The summed E-state index contributed by atoms with van der Waals surface area (Å²) in [6, 6.07) is 20.3. The summed E-state index contributed by atoms with van der Waals surface area (Å²) in [7, 11) is 0. The van der Waals surface area contributed by atoms with Crippen molar-refractivity contribution in [3.05, 3.63) is 70.7 Å². The number of anilines is 2. The molecule has 1 N–H and O–H groups in total. The second-order valence-electron chi connectivity index (χ2n) is 7.16. The van der Waals surface area contributed by atoms with E-state index in [2.05, 4.69) is 33.3 Å². The van der Waals surface area contributed by atoms with Crippen LogP contribution in [-0.2, 0) is 0 Å². The number of nitrogens with one attached hydrogen (secondary N) is 1. The van der Waals surface area contributed by atoms with Crippen LogP contribution in [0.3, 0.4) is 0 Å². The van der Waals surface area contributed by atoms with Crippen LogP contribution in [0, 0.1) is 18.3 Å². The summed E-state index contributed by atoms with van der Waals surface area (Å²) in [5, 5.41) is 16.3. The number of nitriles is 1. The van der Waals surface area contributed by atoms with Gasteiger partial charge in [0.2, 0.25) is 0 Å². The van der Waals surface area contributed by atoms with Gasteiger partial charge in [-0.1, -0.05) is 41.9 Å². The fourth-order valence-corrected chi connectivity index (χ4v) is 4.16. The standard InChI is InChI=1S/C23H21ClN4S/c1-16-6-8-18(14-21(16)24)26-23(29)28-12-10-27(11-13-28)22-9-7-17(15-25)19-4-2-3-5-20(19)22/h2-9,14H,10-13H2,1H3,(H,26,29). The van der Waals surface area contributed by atoms with Crippen molar-refractivity contribution in [2.24, 2.45) is 0 Å². The summed E-state index contributed by atoms with van der Waals surface area (Å²) >= 11 is 11.8. The number of benzene rings is 3. The van der Waals surface area contributed by atoms with Gasteiger partial charge >= 0.3 is 0 Å². The molecule has 0 aromatic heterocycles. The van der Waals surface area contributed by atoms with Gasteiger partial charge in [-0.2, -0.15) is 5.26 Å². The molecule has 1 aliphatic heterocycles. The van der Waals surface area contributed by atoms with Crippen molar-refractivity contribution in [3.63, 3.8) is 0 Å². The smallest absolute Gasteiger partial charge is 0.173 e. The molecule has 1 heterocycles. The molecule has 6 heteroatoms. The van der Waals surface area contributed by atoms with Gasteiger partial charge in [-0.15, -0.1) is 0 Å². The minimum absolute atomic E-state index is 0.713. The van der Waals surface area contributed by atoms with Crippen LogP contribution in [-0.4, -0.2) is 36.2 Å². The Balaban J connectivity index is 1.46. The second-order valence-corrected chi connectivity index (χ2v) is 7.95. The molecule has 0 saturated carbocycles. The zero-order valence-corrected chi connectivity index (χ0v) is 17.7. The van der Waals surface area contributed by atoms with Crippen molar-refractivity contribution < 1.29 is 0 Å². The molecule has 0 bridgehead atoms. The van der Waals surface area contributed by atoms with E-state index in [-0.39, 0.29) is 0 Å². The van der Waals surface area contributed by atoms with Crippen LogP contribution in [0.25, 0.3) is 10.8 Å². The van der Waals surface area contributed by atoms with Crippen LogP contribution in [0.15, 0.2) is 54.6 Å². The predicted octanol–water partition coefficient (Wildman–Crippen LogP) is 5.19. The van der Waals surface area contributed by atoms with Crippen LogP contribution in [0.2, 0.25) is 5.02 Å². The van der Waals surface area contributed by atoms with Crippen LogP contribution in [0.4, 0.5) is 11.4 Å². The third-order valence-electron chi connectivity index (χ3n) is 5.35. The molecule has 0 aliphatic carbocycles. The van der Waals surface area contributed by atoms with Crippen molar-refractivity contribution in [1.82, 2.24) is 4.90 Å². The summed E-state index contributed by atoms with van der Waals surface area (Å²) in [4.78, 5) is 4.55. The Morgan fingerprint density at radius 1 is 1.03 bits per heavy atom. The van der Waals surface area contributed by atoms with Gasteiger partial charge in [-0.05, 0) is 49.0 Å². The number of fused-ring (bicyclic) bond motifs is 1. The Morgan fingerprint density at radius 2 is 1.76 bits per heavy atom. The number of hydrogen-bond donors (Lipinski definition) is 1. The SMILES string of the molecule is Cc1ccc(NC(=S)N2CCN(c3ccc(C#N)c4ccccc34)CC2)cc1Cl. The fourth-order valence-electron chi connectivity index (χ4n) is 3.68. The second kappa shape index (κ2) is 8.28. The van der Waals surface area contributed by atoms with Gasteiger partial charge in [0.25, 0.3) is 0 Å².